The molecule has 4 nitrogen and oxygen atoms in total. The lowest BCUT2D eigenvalue weighted by Crippen LogP contribution is -2.20. The van der Waals surface area contributed by atoms with Crippen molar-refractivity contribution in [1.82, 2.24) is 0 Å². The Bertz CT molecular complexity index is 1220. The third-order valence-electron chi connectivity index (χ3n) is 4.81. The average Bonchev–Trinajstić information content (AvgIpc) is 2.78. The fraction of sp³-hybridized carbons (Fsp3) is 0.0400. The molecule has 0 aliphatic rings. The number of hydrogen-bond donors (Lipinski definition) is 1. The number of hydrogen-bond acceptors (Lipinski definition) is 4. The van der Waals surface area contributed by atoms with E-state index in [2.05, 4.69) is 0 Å². The van der Waals surface area contributed by atoms with Crippen LogP contribution >= 0.6 is 11.6 Å². The summed E-state index contributed by atoms with van der Waals surface area (Å²) in [5, 5.41) is 12.4. The van der Waals surface area contributed by atoms with E-state index in [0.29, 0.717) is 21.5 Å². The van der Waals surface area contributed by atoms with Gasteiger partial charge in [0.15, 0.2) is 6.10 Å². The number of phenolic OH excluding ortho intramolecular Hbond substituents is 1. The quantitative estimate of drug-likeness (QED) is 0.321. The lowest BCUT2D eigenvalue weighted by molar-refractivity contribution is 0.0277. The zero-order chi connectivity index (χ0) is 21.1. The fourth-order valence-electron chi connectivity index (χ4n) is 3.25. The van der Waals surface area contributed by atoms with Crippen molar-refractivity contribution in [3.8, 4) is 5.75 Å². The van der Waals surface area contributed by atoms with Crippen LogP contribution in [0.4, 0.5) is 0 Å². The van der Waals surface area contributed by atoms with Crippen molar-refractivity contribution in [3.63, 3.8) is 0 Å². The first-order valence-electron chi connectivity index (χ1n) is 9.31. The number of esters is 1. The predicted molar refractivity (Wildman–Crippen MR) is 116 cm³/mol. The molecule has 30 heavy (non-hydrogen) atoms. The van der Waals surface area contributed by atoms with Crippen molar-refractivity contribution in [2.24, 2.45) is 0 Å². The summed E-state index contributed by atoms with van der Waals surface area (Å²) in [5.74, 6) is -1.34. The van der Waals surface area contributed by atoms with Gasteiger partial charge in [-0.05, 0) is 23.6 Å². The number of Topliss-reactive ketones (excluding diaryl/α,β-unsaturated/α-hetero) is 1. The molecular formula is C25H17ClO4. The largest absolute Gasteiger partial charge is 0.506 e. The number of ether oxygens (including phenoxy) is 1. The molecule has 0 radical (unpaired) electrons. The van der Waals surface area contributed by atoms with Crippen molar-refractivity contribution in [3.05, 3.63) is 113 Å². The monoisotopic (exact) mass is 416 g/mol. The molecule has 4 aromatic rings. The Kier molecular flexibility index (Phi) is 5.50. The first-order valence-corrected chi connectivity index (χ1v) is 9.69. The summed E-state index contributed by atoms with van der Waals surface area (Å²) in [6.45, 7) is 0. The summed E-state index contributed by atoms with van der Waals surface area (Å²) in [4.78, 5) is 26.1. The normalized spacial score (nSPS) is 11.8. The third-order valence-corrected chi connectivity index (χ3v) is 5.07. The Morgan fingerprint density at radius 1 is 0.800 bits per heavy atom. The second-order valence-corrected chi connectivity index (χ2v) is 7.19. The lowest BCUT2D eigenvalue weighted by atomic mass is 9.99. The minimum atomic E-state index is -1.18. The average molecular weight is 417 g/mol. The number of benzene rings is 4. The van der Waals surface area contributed by atoms with E-state index in [1.807, 2.05) is 12.1 Å². The third kappa shape index (κ3) is 3.91. The van der Waals surface area contributed by atoms with Gasteiger partial charge < -0.3 is 9.84 Å². The maximum atomic E-state index is 13.1. The van der Waals surface area contributed by atoms with E-state index in [9.17, 15) is 14.7 Å². The van der Waals surface area contributed by atoms with Crippen molar-refractivity contribution in [2.45, 2.75) is 6.10 Å². The number of halogens is 1. The zero-order valence-electron chi connectivity index (χ0n) is 15.8. The number of carbonyl (C=O) groups is 2. The minimum absolute atomic E-state index is 0.00600. The molecule has 0 unspecified atom stereocenters. The molecule has 1 N–H and O–H groups in total. The van der Waals surface area contributed by atoms with Crippen molar-refractivity contribution >= 4 is 34.1 Å². The molecule has 4 rings (SSSR count). The van der Waals surface area contributed by atoms with Crippen LogP contribution in [0.1, 0.15) is 32.4 Å². The van der Waals surface area contributed by atoms with E-state index in [0.717, 1.165) is 5.39 Å². The smallest absolute Gasteiger partial charge is 0.343 e. The van der Waals surface area contributed by atoms with Crippen LogP contribution in [0.15, 0.2) is 91.0 Å². The van der Waals surface area contributed by atoms with Crippen LogP contribution in [-0.4, -0.2) is 16.9 Å². The number of rotatable bonds is 5. The summed E-state index contributed by atoms with van der Waals surface area (Å²) in [5.41, 5.74) is 0.892. The number of phenols is 1. The van der Waals surface area contributed by atoms with Crippen LogP contribution in [0.2, 0.25) is 5.02 Å². The predicted octanol–water partition coefficient (Wildman–Crippen LogP) is 5.98. The second kappa shape index (κ2) is 8.39. The van der Waals surface area contributed by atoms with Gasteiger partial charge in [0, 0.05) is 21.5 Å². The summed E-state index contributed by atoms with van der Waals surface area (Å²) in [7, 11) is 0. The van der Waals surface area contributed by atoms with E-state index >= 15 is 0 Å². The van der Waals surface area contributed by atoms with E-state index in [1.165, 1.54) is 6.07 Å². The van der Waals surface area contributed by atoms with Gasteiger partial charge in [0.05, 0.1) is 0 Å². The van der Waals surface area contributed by atoms with Crippen LogP contribution in [0.5, 0.6) is 5.75 Å². The molecule has 0 saturated carbocycles. The number of fused-ring (bicyclic) bond motifs is 1. The van der Waals surface area contributed by atoms with Crippen molar-refractivity contribution in [2.75, 3.05) is 0 Å². The highest BCUT2D eigenvalue weighted by molar-refractivity contribution is 6.30. The molecule has 0 amide bonds. The van der Waals surface area contributed by atoms with Crippen LogP contribution in [-0.2, 0) is 4.74 Å². The highest BCUT2D eigenvalue weighted by atomic mass is 35.5. The van der Waals surface area contributed by atoms with Gasteiger partial charge in [-0.3, -0.25) is 4.79 Å². The summed E-state index contributed by atoms with van der Waals surface area (Å²) >= 11 is 5.97. The molecule has 148 valence electrons. The fourth-order valence-corrected chi connectivity index (χ4v) is 3.38. The standard InChI is InChI=1S/C25H17ClO4/c26-19-13-10-18(11-14-19)24(22(27)17-7-2-1-3-8-17)30-25(29)21-15-12-16-6-4-5-9-20(16)23(21)28/h1-15,24,28H/t24-/m0/s1. The molecule has 0 saturated heterocycles. The Balaban J connectivity index is 1.71. The van der Waals surface area contributed by atoms with Crippen molar-refractivity contribution < 1.29 is 19.4 Å². The minimum Gasteiger partial charge on any atom is -0.506 e. The zero-order valence-corrected chi connectivity index (χ0v) is 16.5. The van der Waals surface area contributed by atoms with Gasteiger partial charge in [0.2, 0.25) is 5.78 Å². The van der Waals surface area contributed by atoms with E-state index in [1.54, 1.807) is 72.8 Å². The Morgan fingerprint density at radius 2 is 1.47 bits per heavy atom. The molecular weight excluding hydrogens is 400 g/mol. The molecule has 0 aromatic heterocycles. The Labute approximate surface area is 178 Å². The number of carbonyl (C=O) groups excluding carboxylic acids is 2. The van der Waals surface area contributed by atoms with E-state index < -0.39 is 12.1 Å². The summed E-state index contributed by atoms with van der Waals surface area (Å²) < 4.78 is 5.62. The van der Waals surface area contributed by atoms with Gasteiger partial charge in [0.1, 0.15) is 11.3 Å². The van der Waals surface area contributed by atoms with Gasteiger partial charge in [-0.25, -0.2) is 4.79 Å². The van der Waals surface area contributed by atoms with Gasteiger partial charge in [-0.1, -0.05) is 84.4 Å². The van der Waals surface area contributed by atoms with Gasteiger partial charge in [-0.15, -0.1) is 0 Å². The molecule has 0 aliphatic carbocycles. The highest BCUT2D eigenvalue weighted by Gasteiger charge is 2.28. The van der Waals surface area contributed by atoms with E-state index in [-0.39, 0.29) is 17.1 Å². The molecule has 0 spiro atoms. The molecule has 1 atom stereocenters. The second-order valence-electron chi connectivity index (χ2n) is 6.75. The maximum Gasteiger partial charge on any atom is 0.343 e. The molecule has 4 aromatic carbocycles. The lowest BCUT2D eigenvalue weighted by Gasteiger charge is -2.18. The first kappa shape index (κ1) is 19.7. The summed E-state index contributed by atoms with van der Waals surface area (Å²) in [6, 6.07) is 25.5. The topological polar surface area (TPSA) is 63.6 Å². The number of aromatic hydroxyl groups is 1. The van der Waals surface area contributed by atoms with Crippen molar-refractivity contribution in [1.29, 1.82) is 0 Å². The highest BCUT2D eigenvalue weighted by Crippen LogP contribution is 2.31. The molecule has 0 aliphatic heterocycles. The molecule has 0 heterocycles. The first-order chi connectivity index (χ1) is 14.5. The number of ketones is 1. The van der Waals surface area contributed by atoms with Gasteiger partial charge in [-0.2, -0.15) is 0 Å². The van der Waals surface area contributed by atoms with Crippen LogP contribution in [0, 0.1) is 0 Å². The van der Waals surface area contributed by atoms with E-state index in [4.69, 9.17) is 16.3 Å². The Morgan fingerprint density at radius 3 is 2.20 bits per heavy atom. The molecule has 5 heteroatoms. The van der Waals surface area contributed by atoms with Crippen LogP contribution in [0.25, 0.3) is 10.8 Å². The summed E-state index contributed by atoms with van der Waals surface area (Å²) in [6.07, 6.45) is -1.18. The molecule has 0 bridgehead atoms. The van der Waals surface area contributed by atoms with Crippen LogP contribution < -0.4 is 0 Å². The Hall–Kier alpha value is -3.63. The molecule has 0 fully saturated rings. The maximum absolute atomic E-state index is 13.1. The van der Waals surface area contributed by atoms with Gasteiger partial charge >= 0.3 is 5.97 Å². The SMILES string of the molecule is O=C(O[C@H](C(=O)c1ccccc1)c1ccc(Cl)cc1)c1ccc2ccccc2c1O. The van der Waals surface area contributed by atoms with Crippen LogP contribution in [0.3, 0.4) is 0 Å². The van der Waals surface area contributed by atoms with Gasteiger partial charge in [0.25, 0.3) is 0 Å².